The van der Waals surface area contributed by atoms with Gasteiger partial charge in [0.1, 0.15) is 0 Å². The smallest absolute Gasteiger partial charge is 0.294 e. The lowest BCUT2D eigenvalue weighted by atomic mass is 10.1. The van der Waals surface area contributed by atoms with E-state index in [0.717, 1.165) is 0 Å². The lowest BCUT2D eigenvalue weighted by molar-refractivity contribution is -0.0328. The van der Waals surface area contributed by atoms with E-state index < -0.39 is 5.51 Å². The van der Waals surface area contributed by atoms with Crippen molar-refractivity contribution in [3.63, 3.8) is 0 Å². The number of alkyl halides is 3. The molecule has 0 spiro atoms. The molecule has 0 saturated heterocycles. The Kier molecular flexibility index (Phi) is 4.43. The van der Waals surface area contributed by atoms with Crippen LogP contribution in [0, 0.1) is 0 Å². The summed E-state index contributed by atoms with van der Waals surface area (Å²) in [5.41, 5.74) is -3.90. The van der Waals surface area contributed by atoms with Gasteiger partial charge in [0.2, 0.25) is 0 Å². The lowest BCUT2D eigenvalue weighted by Crippen LogP contribution is -2.01. The second-order valence-corrected chi connectivity index (χ2v) is 4.96. The molecule has 0 aliphatic carbocycles. The first-order valence-corrected chi connectivity index (χ1v) is 6.03. The Morgan fingerprint density at radius 1 is 1.44 bits per heavy atom. The maximum absolute atomic E-state index is 12.1. The van der Waals surface area contributed by atoms with Gasteiger partial charge in [0.15, 0.2) is 5.78 Å². The zero-order valence-corrected chi connectivity index (χ0v) is 10.7. The van der Waals surface area contributed by atoms with Crippen LogP contribution in [0.25, 0.3) is 0 Å². The second-order valence-electron chi connectivity index (χ2n) is 2.97. The summed E-state index contributed by atoms with van der Waals surface area (Å²) in [7, 11) is 0. The molecule has 0 unspecified atom stereocenters. The van der Waals surface area contributed by atoms with Gasteiger partial charge < -0.3 is 0 Å². The zero-order chi connectivity index (χ0) is 12.3. The van der Waals surface area contributed by atoms with Crippen LogP contribution in [0.3, 0.4) is 0 Å². The fourth-order valence-electron chi connectivity index (χ4n) is 1.11. The van der Waals surface area contributed by atoms with Gasteiger partial charge >= 0.3 is 5.51 Å². The van der Waals surface area contributed by atoms with Crippen molar-refractivity contribution in [3.8, 4) is 0 Å². The number of hydrogen-bond acceptors (Lipinski definition) is 2. The molecule has 0 bridgehead atoms. The van der Waals surface area contributed by atoms with Crippen LogP contribution in [0.4, 0.5) is 13.2 Å². The SMILES string of the molecule is CCC(=O)c1ccc(SC(F)(F)F)cc1Br. The van der Waals surface area contributed by atoms with E-state index >= 15 is 0 Å². The maximum Gasteiger partial charge on any atom is 0.446 e. The topological polar surface area (TPSA) is 17.1 Å². The average Bonchev–Trinajstić information content (AvgIpc) is 2.14. The standard InChI is InChI=1S/C10H8BrF3OS/c1-2-9(15)7-4-3-6(5-8(7)11)16-10(12,13)14/h3-5H,2H2,1H3. The predicted octanol–water partition coefficient (Wildman–Crippen LogP) is 4.65. The van der Waals surface area contributed by atoms with E-state index in [0.29, 0.717) is 16.5 Å². The second kappa shape index (κ2) is 5.23. The van der Waals surface area contributed by atoms with E-state index in [1.54, 1.807) is 6.92 Å². The Morgan fingerprint density at radius 3 is 2.50 bits per heavy atom. The van der Waals surface area contributed by atoms with Gasteiger partial charge in [0.25, 0.3) is 0 Å². The molecular weight excluding hydrogens is 305 g/mol. The van der Waals surface area contributed by atoms with Crippen LogP contribution in [0.1, 0.15) is 23.7 Å². The van der Waals surface area contributed by atoms with Crippen molar-refractivity contribution < 1.29 is 18.0 Å². The van der Waals surface area contributed by atoms with Crippen LogP contribution < -0.4 is 0 Å². The third-order valence-corrected chi connectivity index (χ3v) is 3.17. The molecule has 0 aromatic heterocycles. The van der Waals surface area contributed by atoms with Gasteiger partial charge in [0, 0.05) is 21.4 Å². The summed E-state index contributed by atoms with van der Waals surface area (Å²) in [4.78, 5) is 11.4. The number of carbonyl (C=O) groups excluding carboxylic acids is 1. The minimum atomic E-state index is -4.31. The Morgan fingerprint density at radius 2 is 2.06 bits per heavy atom. The molecule has 6 heteroatoms. The van der Waals surface area contributed by atoms with Gasteiger partial charge in [-0.2, -0.15) is 13.2 Å². The van der Waals surface area contributed by atoms with Gasteiger partial charge in [-0.3, -0.25) is 4.79 Å². The summed E-state index contributed by atoms with van der Waals surface area (Å²) >= 11 is 2.90. The molecule has 0 atom stereocenters. The summed E-state index contributed by atoms with van der Waals surface area (Å²) < 4.78 is 36.6. The number of halogens is 4. The summed E-state index contributed by atoms with van der Waals surface area (Å²) in [6, 6.07) is 4.01. The molecular formula is C10H8BrF3OS. The molecule has 0 aliphatic heterocycles. The average molecular weight is 313 g/mol. The van der Waals surface area contributed by atoms with Crippen molar-refractivity contribution in [1.82, 2.24) is 0 Å². The summed E-state index contributed by atoms with van der Waals surface area (Å²) in [6.07, 6.45) is 0.324. The number of ketones is 1. The van der Waals surface area contributed by atoms with Crippen molar-refractivity contribution >= 4 is 33.5 Å². The fraction of sp³-hybridized carbons (Fsp3) is 0.300. The van der Waals surface area contributed by atoms with E-state index in [1.165, 1.54) is 18.2 Å². The molecule has 1 nitrogen and oxygen atoms in total. The van der Waals surface area contributed by atoms with Gasteiger partial charge in [-0.1, -0.05) is 22.9 Å². The molecule has 0 radical (unpaired) electrons. The molecule has 0 N–H and O–H groups in total. The Labute approximate surface area is 104 Å². The van der Waals surface area contributed by atoms with E-state index in [1.807, 2.05) is 0 Å². The summed E-state index contributed by atoms with van der Waals surface area (Å²) in [5, 5.41) is 0. The first kappa shape index (κ1) is 13.6. The molecule has 1 aromatic rings. The first-order chi connectivity index (χ1) is 7.33. The lowest BCUT2D eigenvalue weighted by Gasteiger charge is -2.07. The number of carbonyl (C=O) groups is 1. The molecule has 16 heavy (non-hydrogen) atoms. The zero-order valence-electron chi connectivity index (χ0n) is 8.27. The monoisotopic (exact) mass is 312 g/mol. The Bertz CT molecular complexity index is 404. The number of benzene rings is 1. The number of hydrogen-bond donors (Lipinski definition) is 0. The number of rotatable bonds is 3. The van der Waals surface area contributed by atoms with E-state index in [9.17, 15) is 18.0 Å². The minimum absolute atomic E-state index is 0.0621. The van der Waals surface area contributed by atoms with Crippen molar-refractivity contribution in [2.24, 2.45) is 0 Å². The highest BCUT2D eigenvalue weighted by Gasteiger charge is 2.29. The Hall–Kier alpha value is -0.490. The van der Waals surface area contributed by atoms with E-state index in [4.69, 9.17) is 0 Å². The van der Waals surface area contributed by atoms with Gasteiger partial charge in [-0.05, 0) is 30.0 Å². The minimum Gasteiger partial charge on any atom is -0.294 e. The van der Waals surface area contributed by atoms with Crippen LogP contribution >= 0.6 is 27.7 Å². The molecule has 0 fully saturated rings. The molecule has 88 valence electrons. The third kappa shape index (κ3) is 3.83. The normalized spacial score (nSPS) is 11.6. The van der Waals surface area contributed by atoms with E-state index in [2.05, 4.69) is 15.9 Å². The number of thioether (sulfide) groups is 1. The van der Waals surface area contributed by atoms with Gasteiger partial charge in [-0.15, -0.1) is 0 Å². The highest BCUT2D eigenvalue weighted by Crippen LogP contribution is 2.38. The van der Waals surface area contributed by atoms with Crippen LogP contribution in [0.2, 0.25) is 0 Å². The first-order valence-electron chi connectivity index (χ1n) is 4.42. The van der Waals surface area contributed by atoms with Crippen LogP contribution in [0.5, 0.6) is 0 Å². The van der Waals surface area contributed by atoms with Crippen LogP contribution in [-0.2, 0) is 0 Å². The molecule has 1 rings (SSSR count). The van der Waals surface area contributed by atoms with Crippen LogP contribution in [0.15, 0.2) is 27.6 Å². The molecule has 0 amide bonds. The fourth-order valence-corrected chi connectivity index (χ4v) is 2.44. The number of Topliss-reactive ketones (excluding diaryl/α,β-unsaturated/α-hetero) is 1. The predicted molar refractivity (Wildman–Crippen MR) is 60.7 cm³/mol. The van der Waals surface area contributed by atoms with Gasteiger partial charge in [0.05, 0.1) is 0 Å². The van der Waals surface area contributed by atoms with Crippen molar-refractivity contribution in [3.05, 3.63) is 28.2 Å². The highest BCUT2D eigenvalue weighted by atomic mass is 79.9. The van der Waals surface area contributed by atoms with Crippen LogP contribution in [-0.4, -0.2) is 11.3 Å². The molecule has 0 heterocycles. The molecule has 0 aliphatic rings. The largest absolute Gasteiger partial charge is 0.446 e. The van der Waals surface area contributed by atoms with Crippen molar-refractivity contribution in [2.75, 3.05) is 0 Å². The highest BCUT2D eigenvalue weighted by molar-refractivity contribution is 9.10. The van der Waals surface area contributed by atoms with Crippen molar-refractivity contribution in [1.29, 1.82) is 0 Å². The summed E-state index contributed by atoms with van der Waals surface area (Å²) in [6.45, 7) is 1.70. The maximum atomic E-state index is 12.1. The summed E-state index contributed by atoms with van der Waals surface area (Å²) in [5.74, 6) is -0.101. The quantitative estimate of drug-likeness (QED) is 0.597. The van der Waals surface area contributed by atoms with Gasteiger partial charge in [-0.25, -0.2) is 0 Å². The molecule has 0 saturated carbocycles. The molecule has 1 aromatic carbocycles. The van der Waals surface area contributed by atoms with Crippen molar-refractivity contribution in [2.45, 2.75) is 23.7 Å². The third-order valence-electron chi connectivity index (χ3n) is 1.80. The Balaban J connectivity index is 2.96. The van der Waals surface area contributed by atoms with E-state index in [-0.39, 0.29) is 22.4 Å².